The van der Waals surface area contributed by atoms with Crippen LogP contribution in [-0.2, 0) is 0 Å². The van der Waals surface area contributed by atoms with Crippen LogP contribution in [0.25, 0.3) is 11.4 Å². The van der Waals surface area contributed by atoms with Gasteiger partial charge in [-0.2, -0.15) is 0 Å². The maximum Gasteiger partial charge on any atom is 0.212 e. The van der Waals surface area contributed by atoms with Crippen molar-refractivity contribution in [2.24, 2.45) is 0 Å². The summed E-state index contributed by atoms with van der Waals surface area (Å²) in [4.78, 5) is 0. The first-order chi connectivity index (χ1) is 11.7. The van der Waals surface area contributed by atoms with Gasteiger partial charge in [-0.25, -0.2) is 4.68 Å². The lowest BCUT2D eigenvalue weighted by atomic mass is 10.2. The molecular weight excluding hydrogens is 344 g/mol. The van der Waals surface area contributed by atoms with E-state index in [1.54, 1.807) is 11.8 Å². The van der Waals surface area contributed by atoms with Crippen molar-refractivity contribution in [3.05, 3.63) is 59.1 Å². The summed E-state index contributed by atoms with van der Waals surface area (Å²) in [5, 5.41) is 10.2. The molecule has 24 heavy (non-hydrogen) atoms. The summed E-state index contributed by atoms with van der Waals surface area (Å²) in [6, 6.07) is 15.7. The topological polar surface area (TPSA) is 52.0 Å². The third kappa shape index (κ3) is 2.83. The average molecular weight is 359 g/mol. The first kappa shape index (κ1) is 15.4. The van der Waals surface area contributed by atoms with E-state index in [0.29, 0.717) is 6.61 Å². The van der Waals surface area contributed by atoms with Crippen molar-refractivity contribution in [2.45, 2.75) is 17.5 Å². The van der Waals surface area contributed by atoms with Crippen molar-refractivity contribution in [1.82, 2.24) is 14.9 Å². The van der Waals surface area contributed by atoms with Gasteiger partial charge in [0.1, 0.15) is 11.1 Å². The molecule has 0 saturated heterocycles. The van der Waals surface area contributed by atoms with E-state index in [4.69, 9.17) is 16.3 Å². The highest BCUT2D eigenvalue weighted by Crippen LogP contribution is 2.40. The minimum absolute atomic E-state index is 0.0919. The minimum Gasteiger partial charge on any atom is -0.494 e. The van der Waals surface area contributed by atoms with E-state index in [1.807, 2.05) is 60.1 Å². The maximum atomic E-state index is 5.96. The second-order valence-corrected chi connectivity index (χ2v) is 6.79. The van der Waals surface area contributed by atoms with Crippen molar-refractivity contribution < 1.29 is 4.74 Å². The lowest BCUT2D eigenvalue weighted by molar-refractivity contribution is 0.340. The summed E-state index contributed by atoms with van der Waals surface area (Å²) in [5.74, 6) is 1.64. The molecule has 3 aromatic rings. The Hall–Kier alpha value is -2.18. The predicted molar refractivity (Wildman–Crippen MR) is 96.0 cm³/mol. The highest BCUT2D eigenvalue weighted by atomic mass is 35.5. The number of fused-ring (bicyclic) bond motifs is 1. The summed E-state index contributed by atoms with van der Waals surface area (Å²) in [7, 11) is 0. The molecule has 0 unspecified atom stereocenters. The molecule has 0 saturated carbocycles. The molecule has 4 rings (SSSR count). The van der Waals surface area contributed by atoms with E-state index < -0.39 is 0 Å². The minimum atomic E-state index is 0.0919. The standard InChI is InChI=1S/C17H15ClN4OS/c1-2-23-14-9-5-11(6-10-14)15-19-20-17-22(15)21-16(24-17)12-3-7-13(18)8-4-12/h3-10,16,21H,2H2,1H3/t16-/m0/s1. The molecule has 1 N–H and O–H groups in total. The SMILES string of the molecule is CCOc1ccc(-c2nnc3n2N[C@H](c2ccc(Cl)cc2)S3)cc1. The normalized spacial score (nSPS) is 15.8. The van der Waals surface area contributed by atoms with Gasteiger partial charge >= 0.3 is 0 Å². The van der Waals surface area contributed by atoms with Crippen molar-refractivity contribution in [3.63, 3.8) is 0 Å². The zero-order chi connectivity index (χ0) is 16.5. The van der Waals surface area contributed by atoms with Crippen LogP contribution >= 0.6 is 23.4 Å². The van der Waals surface area contributed by atoms with E-state index >= 15 is 0 Å². The molecule has 1 aliphatic rings. The monoisotopic (exact) mass is 358 g/mol. The van der Waals surface area contributed by atoms with Gasteiger partial charge < -0.3 is 10.2 Å². The highest BCUT2D eigenvalue weighted by molar-refractivity contribution is 7.99. The fourth-order valence-electron chi connectivity index (χ4n) is 2.55. The van der Waals surface area contributed by atoms with E-state index in [2.05, 4.69) is 15.6 Å². The van der Waals surface area contributed by atoms with Crippen LogP contribution in [0.2, 0.25) is 5.02 Å². The van der Waals surface area contributed by atoms with Crippen molar-refractivity contribution in [2.75, 3.05) is 12.0 Å². The second kappa shape index (κ2) is 6.37. The van der Waals surface area contributed by atoms with E-state index in [1.165, 1.54) is 0 Å². The molecule has 0 bridgehead atoms. The van der Waals surface area contributed by atoms with Crippen LogP contribution in [0.4, 0.5) is 0 Å². The van der Waals surface area contributed by atoms with Crippen molar-refractivity contribution >= 4 is 23.4 Å². The van der Waals surface area contributed by atoms with Crippen LogP contribution in [0, 0.1) is 0 Å². The number of benzene rings is 2. The zero-order valence-electron chi connectivity index (χ0n) is 12.9. The number of ether oxygens (including phenoxy) is 1. The first-order valence-corrected chi connectivity index (χ1v) is 8.87. The van der Waals surface area contributed by atoms with Crippen molar-refractivity contribution in [1.29, 1.82) is 0 Å². The number of hydrogen-bond donors (Lipinski definition) is 1. The van der Waals surface area contributed by atoms with Crippen LogP contribution < -0.4 is 10.2 Å². The molecule has 2 aromatic carbocycles. The van der Waals surface area contributed by atoms with E-state index in [9.17, 15) is 0 Å². The number of hydrogen-bond acceptors (Lipinski definition) is 5. The summed E-state index contributed by atoms with van der Waals surface area (Å²) >= 11 is 7.59. The summed E-state index contributed by atoms with van der Waals surface area (Å²) in [6.07, 6.45) is 0. The molecule has 2 heterocycles. The smallest absolute Gasteiger partial charge is 0.212 e. The molecule has 1 atom stereocenters. The maximum absolute atomic E-state index is 5.96. The summed E-state index contributed by atoms with van der Waals surface area (Å²) < 4.78 is 7.41. The average Bonchev–Trinajstić information content (AvgIpc) is 3.17. The van der Waals surface area contributed by atoms with Crippen LogP contribution in [0.1, 0.15) is 17.9 Å². The molecule has 0 radical (unpaired) electrons. The number of nitrogens with zero attached hydrogens (tertiary/aromatic N) is 3. The molecule has 1 aliphatic heterocycles. The van der Waals surface area contributed by atoms with Gasteiger partial charge in [0.05, 0.1) is 6.61 Å². The Morgan fingerprint density at radius 3 is 2.58 bits per heavy atom. The Kier molecular flexibility index (Phi) is 4.08. The Labute approximate surface area is 149 Å². The summed E-state index contributed by atoms with van der Waals surface area (Å²) in [6.45, 7) is 2.62. The molecule has 0 amide bonds. The number of aromatic nitrogens is 3. The molecular formula is C17H15ClN4OS. The van der Waals surface area contributed by atoms with Crippen LogP contribution in [0.15, 0.2) is 53.7 Å². The van der Waals surface area contributed by atoms with Crippen molar-refractivity contribution in [3.8, 4) is 17.1 Å². The van der Waals surface area contributed by atoms with Gasteiger partial charge in [-0.3, -0.25) is 0 Å². The lowest BCUT2D eigenvalue weighted by Gasteiger charge is -2.12. The van der Waals surface area contributed by atoms with Crippen LogP contribution in [0.3, 0.4) is 0 Å². The molecule has 5 nitrogen and oxygen atoms in total. The molecule has 122 valence electrons. The van der Waals surface area contributed by atoms with E-state index in [0.717, 1.165) is 32.9 Å². The van der Waals surface area contributed by atoms with Gasteiger partial charge in [-0.15, -0.1) is 10.2 Å². The van der Waals surface area contributed by atoms with Gasteiger partial charge in [-0.05, 0) is 48.9 Å². The Morgan fingerprint density at radius 2 is 1.88 bits per heavy atom. The number of halogens is 1. The van der Waals surface area contributed by atoms with Gasteiger partial charge in [0.2, 0.25) is 5.16 Å². The van der Waals surface area contributed by atoms with Gasteiger partial charge in [0.25, 0.3) is 0 Å². The largest absolute Gasteiger partial charge is 0.494 e. The third-order valence-corrected chi connectivity index (χ3v) is 5.04. The number of rotatable bonds is 4. The Balaban J connectivity index is 1.59. The fraction of sp³-hybridized carbons (Fsp3) is 0.176. The number of thioether (sulfide) groups is 1. The lowest BCUT2D eigenvalue weighted by Crippen LogP contribution is -2.13. The molecule has 0 aliphatic carbocycles. The molecule has 7 heteroatoms. The quantitative estimate of drug-likeness (QED) is 0.751. The third-order valence-electron chi connectivity index (χ3n) is 3.70. The van der Waals surface area contributed by atoms with Crippen LogP contribution in [0.5, 0.6) is 5.75 Å². The second-order valence-electron chi connectivity index (χ2n) is 5.28. The highest BCUT2D eigenvalue weighted by Gasteiger charge is 2.28. The molecule has 0 fully saturated rings. The Bertz CT molecular complexity index is 848. The zero-order valence-corrected chi connectivity index (χ0v) is 14.5. The molecule has 0 spiro atoms. The predicted octanol–water partition coefficient (Wildman–Crippen LogP) is 4.35. The van der Waals surface area contributed by atoms with Gasteiger partial charge in [0, 0.05) is 10.6 Å². The summed E-state index contributed by atoms with van der Waals surface area (Å²) in [5.41, 5.74) is 5.57. The van der Waals surface area contributed by atoms with E-state index in [-0.39, 0.29) is 5.37 Å². The number of nitrogens with one attached hydrogen (secondary N) is 1. The molecule has 1 aromatic heterocycles. The van der Waals surface area contributed by atoms with Crippen LogP contribution in [-0.4, -0.2) is 21.5 Å². The van der Waals surface area contributed by atoms with Gasteiger partial charge in [0.15, 0.2) is 5.82 Å². The fourth-order valence-corrected chi connectivity index (χ4v) is 3.67. The van der Waals surface area contributed by atoms with Gasteiger partial charge in [-0.1, -0.05) is 35.5 Å². The first-order valence-electron chi connectivity index (χ1n) is 7.62. The Morgan fingerprint density at radius 1 is 1.12 bits per heavy atom.